The van der Waals surface area contributed by atoms with E-state index in [1.54, 1.807) is 14.2 Å². The molecule has 0 amide bonds. The van der Waals surface area contributed by atoms with Gasteiger partial charge in [-0.2, -0.15) is 0 Å². The van der Waals surface area contributed by atoms with Crippen LogP contribution in [0.4, 0.5) is 0 Å². The Morgan fingerprint density at radius 3 is 2.71 bits per heavy atom. The Bertz CT molecular complexity index is 496. The van der Waals surface area contributed by atoms with Crippen molar-refractivity contribution in [2.45, 2.75) is 43.8 Å². The summed E-state index contributed by atoms with van der Waals surface area (Å²) in [5, 5.41) is 10.8. The van der Waals surface area contributed by atoms with Gasteiger partial charge in [-0.25, -0.2) is 0 Å². The van der Waals surface area contributed by atoms with Crippen LogP contribution in [0.2, 0.25) is 0 Å². The van der Waals surface area contributed by atoms with Crippen molar-refractivity contribution in [2.75, 3.05) is 20.8 Å². The molecule has 1 spiro atoms. The van der Waals surface area contributed by atoms with Crippen molar-refractivity contribution >= 4 is 0 Å². The lowest BCUT2D eigenvalue weighted by Gasteiger charge is -2.48. The first-order valence-electron chi connectivity index (χ1n) is 7.71. The molecule has 3 rings (SSSR count). The van der Waals surface area contributed by atoms with Gasteiger partial charge in [-0.3, -0.25) is 0 Å². The summed E-state index contributed by atoms with van der Waals surface area (Å²) < 4.78 is 16.6. The highest BCUT2D eigenvalue weighted by Crippen LogP contribution is 2.48. The number of methoxy groups -OCH3 is 2. The van der Waals surface area contributed by atoms with Crippen LogP contribution < -0.4 is 9.47 Å². The number of hydrogen-bond donors (Lipinski definition) is 1. The van der Waals surface area contributed by atoms with Gasteiger partial charge in [0, 0.05) is 12.2 Å². The maximum absolute atomic E-state index is 10.8. The molecule has 1 saturated heterocycles. The monoisotopic (exact) mass is 292 g/mol. The molecule has 2 unspecified atom stereocenters. The molecular weight excluding hydrogens is 268 g/mol. The zero-order valence-corrected chi connectivity index (χ0v) is 12.8. The topological polar surface area (TPSA) is 47.9 Å². The average molecular weight is 292 g/mol. The molecule has 1 saturated carbocycles. The second-order valence-electron chi connectivity index (χ2n) is 6.19. The van der Waals surface area contributed by atoms with Crippen LogP contribution in [-0.2, 0) is 4.74 Å². The highest BCUT2D eigenvalue weighted by atomic mass is 16.5. The first kappa shape index (κ1) is 14.7. The normalized spacial score (nSPS) is 25.2. The van der Waals surface area contributed by atoms with Crippen molar-refractivity contribution in [2.24, 2.45) is 5.92 Å². The van der Waals surface area contributed by atoms with Crippen LogP contribution in [0.3, 0.4) is 0 Å². The minimum Gasteiger partial charge on any atom is -0.497 e. The van der Waals surface area contributed by atoms with Crippen LogP contribution in [-0.4, -0.2) is 31.5 Å². The summed E-state index contributed by atoms with van der Waals surface area (Å²) in [6, 6.07) is 5.59. The zero-order valence-electron chi connectivity index (χ0n) is 12.8. The molecule has 1 heterocycles. The summed E-state index contributed by atoms with van der Waals surface area (Å²) in [5.41, 5.74) is 0.855. The third-order valence-corrected chi connectivity index (χ3v) is 5.00. The van der Waals surface area contributed by atoms with Crippen LogP contribution in [0.25, 0.3) is 0 Å². The maximum atomic E-state index is 10.8. The predicted octanol–water partition coefficient (Wildman–Crippen LogP) is 3.09. The number of rotatable bonds is 4. The Hall–Kier alpha value is -1.26. The van der Waals surface area contributed by atoms with E-state index in [9.17, 15) is 5.11 Å². The smallest absolute Gasteiger partial charge is 0.124 e. The summed E-state index contributed by atoms with van der Waals surface area (Å²) in [4.78, 5) is 0. The van der Waals surface area contributed by atoms with Gasteiger partial charge in [-0.05, 0) is 56.2 Å². The third kappa shape index (κ3) is 2.74. The van der Waals surface area contributed by atoms with Crippen molar-refractivity contribution in [3.8, 4) is 11.5 Å². The van der Waals surface area contributed by atoms with Gasteiger partial charge in [-0.15, -0.1) is 0 Å². The summed E-state index contributed by atoms with van der Waals surface area (Å²) in [6.45, 7) is 0.744. The third-order valence-electron chi connectivity index (χ3n) is 5.00. The lowest BCUT2D eigenvalue weighted by molar-refractivity contribution is -0.157. The van der Waals surface area contributed by atoms with Gasteiger partial charge in [0.15, 0.2) is 0 Å². The van der Waals surface area contributed by atoms with E-state index in [0.29, 0.717) is 0 Å². The molecule has 1 aromatic rings. The van der Waals surface area contributed by atoms with Crippen LogP contribution in [0.5, 0.6) is 11.5 Å². The van der Waals surface area contributed by atoms with E-state index < -0.39 is 6.10 Å². The summed E-state index contributed by atoms with van der Waals surface area (Å²) in [5.74, 6) is 1.69. The van der Waals surface area contributed by atoms with Gasteiger partial charge in [-0.1, -0.05) is 0 Å². The van der Waals surface area contributed by atoms with Crippen molar-refractivity contribution in [1.82, 2.24) is 0 Å². The van der Waals surface area contributed by atoms with E-state index in [2.05, 4.69) is 0 Å². The molecule has 2 fully saturated rings. The minimum atomic E-state index is -0.531. The van der Waals surface area contributed by atoms with E-state index in [1.165, 1.54) is 6.42 Å². The predicted molar refractivity (Wildman–Crippen MR) is 79.8 cm³/mol. The zero-order chi connectivity index (χ0) is 14.9. The molecule has 0 bridgehead atoms. The van der Waals surface area contributed by atoms with Crippen molar-refractivity contribution in [1.29, 1.82) is 0 Å². The number of hydrogen-bond acceptors (Lipinski definition) is 4. The second kappa shape index (κ2) is 5.85. The molecule has 21 heavy (non-hydrogen) atoms. The molecule has 2 atom stereocenters. The van der Waals surface area contributed by atoms with E-state index in [0.717, 1.165) is 49.4 Å². The van der Waals surface area contributed by atoms with Crippen molar-refractivity contribution in [3.05, 3.63) is 23.8 Å². The van der Waals surface area contributed by atoms with Gasteiger partial charge in [0.2, 0.25) is 0 Å². The molecule has 1 aromatic carbocycles. The van der Waals surface area contributed by atoms with Gasteiger partial charge in [0.1, 0.15) is 11.5 Å². The first-order valence-corrected chi connectivity index (χ1v) is 7.71. The van der Waals surface area contributed by atoms with Gasteiger partial charge < -0.3 is 19.3 Å². The molecule has 0 radical (unpaired) electrons. The Kier molecular flexibility index (Phi) is 4.09. The van der Waals surface area contributed by atoms with E-state index >= 15 is 0 Å². The number of ether oxygens (including phenoxy) is 3. The lowest BCUT2D eigenvalue weighted by Crippen LogP contribution is -2.46. The van der Waals surface area contributed by atoms with Crippen LogP contribution in [0.1, 0.15) is 43.8 Å². The number of aliphatic hydroxyl groups is 1. The summed E-state index contributed by atoms with van der Waals surface area (Å²) in [6.07, 6.45) is 4.80. The highest BCUT2D eigenvalue weighted by molar-refractivity contribution is 5.42. The standard InChI is InChI=1S/C17H24O4/c1-19-13-4-5-15(20-2)14(10-13)16(18)12-6-9-21-17(11-12)7-3-8-17/h4-5,10,12,16,18H,3,6-9,11H2,1-2H3. The molecule has 1 aliphatic carbocycles. The van der Waals surface area contributed by atoms with E-state index in [4.69, 9.17) is 14.2 Å². The Balaban J connectivity index is 1.81. The first-order chi connectivity index (χ1) is 10.2. The fraction of sp³-hybridized carbons (Fsp3) is 0.647. The van der Waals surface area contributed by atoms with Crippen LogP contribution >= 0.6 is 0 Å². The largest absolute Gasteiger partial charge is 0.497 e. The molecule has 4 heteroatoms. The number of benzene rings is 1. The van der Waals surface area contributed by atoms with E-state index in [-0.39, 0.29) is 11.5 Å². The highest BCUT2D eigenvalue weighted by Gasteiger charge is 2.44. The van der Waals surface area contributed by atoms with Crippen molar-refractivity contribution in [3.63, 3.8) is 0 Å². The molecule has 1 aliphatic heterocycles. The molecule has 116 valence electrons. The fourth-order valence-electron chi connectivity index (χ4n) is 3.58. The fourth-order valence-corrected chi connectivity index (χ4v) is 3.58. The Morgan fingerprint density at radius 2 is 2.10 bits per heavy atom. The van der Waals surface area contributed by atoms with Gasteiger partial charge >= 0.3 is 0 Å². The summed E-state index contributed by atoms with van der Waals surface area (Å²) >= 11 is 0. The average Bonchev–Trinajstić information content (AvgIpc) is 2.52. The second-order valence-corrected chi connectivity index (χ2v) is 6.19. The molecule has 1 N–H and O–H groups in total. The van der Waals surface area contributed by atoms with Crippen LogP contribution in [0, 0.1) is 5.92 Å². The quantitative estimate of drug-likeness (QED) is 0.926. The SMILES string of the molecule is COc1ccc(OC)c(C(O)C2CCOC3(CCC3)C2)c1. The van der Waals surface area contributed by atoms with Gasteiger partial charge in [0.05, 0.1) is 25.9 Å². The molecular formula is C17H24O4. The van der Waals surface area contributed by atoms with E-state index in [1.807, 2.05) is 18.2 Å². The Labute approximate surface area is 126 Å². The summed E-state index contributed by atoms with van der Waals surface area (Å²) in [7, 11) is 3.27. The Morgan fingerprint density at radius 1 is 1.29 bits per heavy atom. The van der Waals surface area contributed by atoms with Crippen LogP contribution in [0.15, 0.2) is 18.2 Å². The minimum absolute atomic E-state index is 0.0377. The molecule has 0 aromatic heterocycles. The van der Waals surface area contributed by atoms with Crippen molar-refractivity contribution < 1.29 is 19.3 Å². The maximum Gasteiger partial charge on any atom is 0.124 e. The number of aliphatic hydroxyl groups excluding tert-OH is 1. The molecule has 2 aliphatic rings. The molecule has 4 nitrogen and oxygen atoms in total. The lowest BCUT2D eigenvalue weighted by atomic mass is 9.70. The van der Waals surface area contributed by atoms with Gasteiger partial charge in [0.25, 0.3) is 0 Å².